The molecule has 4 heteroatoms. The van der Waals surface area contributed by atoms with Crippen LogP contribution in [0.3, 0.4) is 0 Å². The first-order valence-corrected chi connectivity index (χ1v) is 25.3. The largest absolute Gasteiger partial charge is 0.256 e. The highest BCUT2D eigenvalue weighted by Crippen LogP contribution is 2.42. The van der Waals surface area contributed by atoms with E-state index in [2.05, 4.69) is 222 Å². The summed E-state index contributed by atoms with van der Waals surface area (Å²) >= 11 is 1.76. The van der Waals surface area contributed by atoms with Crippen molar-refractivity contribution in [2.45, 2.75) is 25.7 Å². The molecule has 12 aromatic rings. The number of nitrogens with zero attached hydrogens (tertiary/aromatic N) is 3. The van der Waals surface area contributed by atoms with Gasteiger partial charge in [0.05, 0.1) is 17.1 Å². The Balaban J connectivity index is 0.924. The van der Waals surface area contributed by atoms with E-state index >= 15 is 0 Å². The summed E-state index contributed by atoms with van der Waals surface area (Å²) < 4.78 is 1.26. The van der Waals surface area contributed by atoms with E-state index in [1.807, 2.05) is 36.7 Å². The van der Waals surface area contributed by atoms with E-state index in [4.69, 9.17) is 4.98 Å². The third-order valence-corrected chi connectivity index (χ3v) is 14.8. The molecule has 0 saturated carbocycles. The lowest BCUT2D eigenvalue weighted by molar-refractivity contribution is 0.931. The van der Waals surface area contributed by atoms with Crippen molar-refractivity contribution in [1.29, 1.82) is 0 Å². The van der Waals surface area contributed by atoms with Gasteiger partial charge in [-0.3, -0.25) is 9.97 Å². The number of rotatable bonds is 13. The monoisotopic (exact) mass is 927 g/mol. The number of aromatic nitrogens is 3. The van der Waals surface area contributed by atoms with E-state index in [0.29, 0.717) is 0 Å². The van der Waals surface area contributed by atoms with Crippen LogP contribution < -0.4 is 0 Å². The number of hydrogen-bond acceptors (Lipinski definition) is 4. The van der Waals surface area contributed by atoms with Gasteiger partial charge in [0.25, 0.3) is 0 Å². The molecule has 0 aliphatic rings. The Kier molecular flexibility index (Phi) is 12.2. The van der Waals surface area contributed by atoms with Crippen LogP contribution in [0.15, 0.2) is 249 Å². The van der Waals surface area contributed by atoms with Crippen molar-refractivity contribution in [2.24, 2.45) is 0 Å². The van der Waals surface area contributed by atoms with Crippen LogP contribution in [-0.4, -0.2) is 15.0 Å². The summed E-state index contributed by atoms with van der Waals surface area (Å²) in [6, 6.07) is 85.9. The summed E-state index contributed by atoms with van der Waals surface area (Å²) in [6.07, 6.45) is 7.44. The molecule has 0 radical (unpaired) electrons. The van der Waals surface area contributed by atoms with Crippen molar-refractivity contribution in [1.82, 2.24) is 15.0 Å². The molecule has 8 aromatic carbocycles. The molecule has 0 aliphatic carbocycles. The number of aryl methyl sites for hydroxylation is 4. The lowest BCUT2D eigenvalue weighted by Gasteiger charge is -2.18. The highest BCUT2D eigenvalue weighted by Gasteiger charge is 2.17. The second-order valence-corrected chi connectivity index (χ2v) is 19.3. The molecule has 0 aliphatic heterocycles. The second-order valence-electron chi connectivity index (χ2n) is 18.3. The first kappa shape index (κ1) is 43.7. The molecule has 3 nitrogen and oxygen atoms in total. The van der Waals surface area contributed by atoms with Gasteiger partial charge < -0.3 is 0 Å². The fourth-order valence-corrected chi connectivity index (χ4v) is 11.0. The molecule has 4 heterocycles. The summed E-state index contributed by atoms with van der Waals surface area (Å²) in [5.74, 6) is 0. The Morgan fingerprint density at radius 1 is 0.282 bits per heavy atom. The molecular formula is C67H49N3S. The van der Waals surface area contributed by atoms with Gasteiger partial charge in [-0.15, -0.1) is 11.3 Å². The normalized spacial score (nSPS) is 11.3. The Labute approximate surface area is 419 Å². The lowest BCUT2D eigenvalue weighted by Crippen LogP contribution is -1.98. The maximum atomic E-state index is 5.29. The Morgan fingerprint density at radius 3 is 1.45 bits per heavy atom. The van der Waals surface area contributed by atoms with Crippen molar-refractivity contribution >= 4 is 31.6 Å². The minimum atomic E-state index is 0.926. The van der Waals surface area contributed by atoms with Crippen molar-refractivity contribution < 1.29 is 0 Å². The minimum Gasteiger partial charge on any atom is -0.256 e. The molecule has 0 atom stereocenters. The molecule has 4 aromatic heterocycles. The first-order chi connectivity index (χ1) is 35.1. The van der Waals surface area contributed by atoms with Crippen LogP contribution in [-0.2, 0) is 25.7 Å². The van der Waals surface area contributed by atoms with Crippen LogP contribution in [0.2, 0.25) is 0 Å². The van der Waals surface area contributed by atoms with E-state index in [0.717, 1.165) is 69.8 Å². The number of fused-ring (bicyclic) bond motifs is 3. The number of hydrogen-bond donors (Lipinski definition) is 0. The van der Waals surface area contributed by atoms with Crippen molar-refractivity contribution in [3.05, 3.63) is 271 Å². The zero-order valence-electron chi connectivity index (χ0n) is 39.2. The molecular weight excluding hydrogens is 879 g/mol. The molecule has 0 N–H and O–H groups in total. The van der Waals surface area contributed by atoms with Gasteiger partial charge in [0.15, 0.2) is 0 Å². The predicted octanol–water partition coefficient (Wildman–Crippen LogP) is 17.5. The van der Waals surface area contributed by atoms with Gasteiger partial charge in [0.1, 0.15) is 4.83 Å². The van der Waals surface area contributed by atoms with Crippen LogP contribution in [0, 0.1) is 0 Å². The summed E-state index contributed by atoms with van der Waals surface area (Å²) in [6.45, 7) is 0. The minimum absolute atomic E-state index is 0.926. The molecule has 12 rings (SSSR count). The van der Waals surface area contributed by atoms with Gasteiger partial charge in [0.2, 0.25) is 0 Å². The van der Waals surface area contributed by atoms with Crippen LogP contribution in [0.25, 0.3) is 98.6 Å². The molecule has 0 fully saturated rings. The molecule has 0 saturated heterocycles. The molecule has 71 heavy (non-hydrogen) atoms. The summed E-state index contributed by atoms with van der Waals surface area (Å²) in [5, 5.41) is 2.46. The second kappa shape index (κ2) is 19.8. The zero-order chi connectivity index (χ0) is 47.3. The average molecular weight is 928 g/mol. The van der Waals surface area contributed by atoms with E-state index in [9.17, 15) is 0 Å². The van der Waals surface area contributed by atoms with Crippen molar-refractivity contribution in [2.75, 3.05) is 0 Å². The standard InChI is InChI=1S/C67H49N3S/c1-2-12-50(13-3-1)51-32-34-52(35-33-51)62-45-55(65-39-38-61-60-16-6-7-19-66(60)71-67(61)70-65)36-37-59(62)58-15-5-4-14-57(58)56-43-48(22-20-46-24-28-53(29-25-46)63-17-8-10-40-68-63)42-49(44-56)23-21-47-26-30-54(31-27-47)64-18-9-11-41-69-64/h1-19,24-45H,20-23H2. The Bertz CT molecular complexity index is 3670. The van der Waals surface area contributed by atoms with Crippen molar-refractivity contribution in [3.8, 4) is 78.3 Å². The maximum absolute atomic E-state index is 5.29. The lowest BCUT2D eigenvalue weighted by atomic mass is 9.86. The number of benzene rings is 8. The van der Waals surface area contributed by atoms with Crippen LogP contribution >= 0.6 is 11.3 Å². The molecule has 338 valence electrons. The topological polar surface area (TPSA) is 38.7 Å². The molecule has 0 unspecified atom stereocenters. The van der Waals surface area contributed by atoms with Gasteiger partial charge in [-0.25, -0.2) is 4.98 Å². The summed E-state index contributed by atoms with van der Waals surface area (Å²) in [7, 11) is 0. The van der Waals surface area contributed by atoms with E-state index in [1.165, 1.54) is 76.7 Å². The van der Waals surface area contributed by atoms with Gasteiger partial charge >= 0.3 is 0 Å². The molecule has 0 bridgehead atoms. The van der Waals surface area contributed by atoms with Crippen molar-refractivity contribution in [3.63, 3.8) is 0 Å². The third kappa shape index (κ3) is 9.46. The average Bonchev–Trinajstić information content (AvgIpc) is 3.83. The fourth-order valence-electron chi connectivity index (χ4n) is 9.92. The smallest absolute Gasteiger partial charge is 0.125 e. The van der Waals surface area contributed by atoms with Gasteiger partial charge in [-0.05, 0) is 141 Å². The highest BCUT2D eigenvalue weighted by atomic mass is 32.1. The molecule has 0 spiro atoms. The summed E-state index contributed by atoms with van der Waals surface area (Å²) in [4.78, 5) is 15.5. The quantitative estimate of drug-likeness (QED) is 0.116. The van der Waals surface area contributed by atoms with Gasteiger partial charge in [-0.2, -0.15) is 0 Å². The van der Waals surface area contributed by atoms with Gasteiger partial charge in [0, 0.05) is 44.6 Å². The number of pyridine rings is 3. The van der Waals surface area contributed by atoms with Crippen LogP contribution in [0.4, 0.5) is 0 Å². The Hall–Kier alpha value is -8.57. The first-order valence-electron chi connectivity index (χ1n) is 24.5. The summed E-state index contributed by atoms with van der Waals surface area (Å²) in [5.41, 5.74) is 21.2. The SMILES string of the molecule is c1ccc(-c2ccc(-c3cc(-c4ccc5c(n4)sc4ccccc45)ccc3-c3ccccc3-c3cc(CCc4ccc(-c5ccccn5)cc4)cc(CCc4ccc(-c5ccccn5)cc4)c3)cc2)cc1. The predicted molar refractivity (Wildman–Crippen MR) is 298 cm³/mol. The van der Waals surface area contributed by atoms with Crippen LogP contribution in [0.1, 0.15) is 22.3 Å². The van der Waals surface area contributed by atoms with Gasteiger partial charge in [-0.1, -0.05) is 188 Å². The fraction of sp³-hybridized carbons (Fsp3) is 0.0597. The number of thiophene rings is 1. The van der Waals surface area contributed by atoms with Crippen LogP contribution in [0.5, 0.6) is 0 Å². The maximum Gasteiger partial charge on any atom is 0.125 e. The van der Waals surface area contributed by atoms with E-state index < -0.39 is 0 Å². The van der Waals surface area contributed by atoms with E-state index in [-0.39, 0.29) is 0 Å². The third-order valence-electron chi connectivity index (χ3n) is 13.7. The zero-order valence-corrected chi connectivity index (χ0v) is 40.1. The molecule has 0 amide bonds. The van der Waals surface area contributed by atoms with E-state index in [1.54, 1.807) is 11.3 Å². The highest BCUT2D eigenvalue weighted by molar-refractivity contribution is 7.25. The Morgan fingerprint density at radius 2 is 0.803 bits per heavy atom.